The molecule has 0 spiro atoms. The van der Waals surface area contributed by atoms with Gasteiger partial charge in [0, 0.05) is 24.4 Å². The number of Topliss-reactive ketones (excluding diaryl/α,β-unsaturated/α-hetero) is 1. The molecule has 0 unspecified atom stereocenters. The van der Waals surface area contributed by atoms with E-state index in [1.165, 1.54) is 25.7 Å². The lowest BCUT2D eigenvalue weighted by Crippen LogP contribution is -2.61. The summed E-state index contributed by atoms with van der Waals surface area (Å²) >= 11 is 0. The molecule has 4 fully saturated rings. The zero-order chi connectivity index (χ0) is 31.0. The molecule has 240 valence electrons. The monoisotopic (exact) mass is 610 g/mol. The Morgan fingerprint density at radius 1 is 0.977 bits per heavy atom. The highest BCUT2D eigenvalue weighted by molar-refractivity contribution is 6.69. The standard InChI is InChI=1S/C37H58O5Si/c1-8-28-32-22-27(42-43(5,6)7)18-20-37(32,4)31-19-21-36(3)29(15-16-30(36)34(31)35(28)39)25(2)14-17-33(38)41-24-40-23-26-12-10-9-11-13-26/h9-13,25,27-32,34H,8,14-24H2,1-7H3/t25-,27-,28-,29-,30+,31+,32+,34+,36-,37-/m1/s1. The van der Waals surface area contributed by atoms with Crippen LogP contribution in [-0.2, 0) is 30.1 Å². The number of esters is 1. The fourth-order valence-corrected chi connectivity index (χ4v) is 11.9. The van der Waals surface area contributed by atoms with E-state index in [0.717, 1.165) is 37.7 Å². The van der Waals surface area contributed by atoms with E-state index in [2.05, 4.69) is 47.3 Å². The average Bonchev–Trinajstić information content (AvgIpc) is 3.32. The van der Waals surface area contributed by atoms with E-state index in [-0.39, 0.29) is 35.4 Å². The molecule has 5 nitrogen and oxygen atoms in total. The Hall–Kier alpha value is -1.50. The van der Waals surface area contributed by atoms with Crippen LogP contribution in [0.5, 0.6) is 0 Å². The molecule has 0 saturated heterocycles. The number of rotatable bonds is 11. The molecule has 0 amide bonds. The van der Waals surface area contributed by atoms with Crippen molar-refractivity contribution in [3.05, 3.63) is 35.9 Å². The number of ether oxygens (including phenoxy) is 2. The van der Waals surface area contributed by atoms with Gasteiger partial charge in [-0.05, 0) is 123 Å². The summed E-state index contributed by atoms with van der Waals surface area (Å²) in [6.45, 7) is 17.0. The Labute approximate surface area is 262 Å². The Balaban J connectivity index is 1.19. The first kappa shape index (κ1) is 32.9. The number of ketones is 1. The van der Waals surface area contributed by atoms with Crippen molar-refractivity contribution in [1.29, 1.82) is 0 Å². The summed E-state index contributed by atoms with van der Waals surface area (Å²) in [5, 5.41) is 0. The van der Waals surface area contributed by atoms with Gasteiger partial charge in [-0.1, -0.05) is 58.0 Å². The second-order valence-electron chi connectivity index (χ2n) is 16.1. The molecule has 4 aliphatic rings. The normalized spacial score (nSPS) is 38.1. The van der Waals surface area contributed by atoms with E-state index >= 15 is 0 Å². The van der Waals surface area contributed by atoms with Crippen LogP contribution < -0.4 is 0 Å². The van der Waals surface area contributed by atoms with Crippen LogP contribution in [-0.4, -0.2) is 33.0 Å². The van der Waals surface area contributed by atoms with Crippen molar-refractivity contribution in [3.8, 4) is 0 Å². The molecule has 6 heteroatoms. The third kappa shape index (κ3) is 6.72. The lowest BCUT2D eigenvalue weighted by atomic mass is 9.42. The number of carbonyl (C=O) groups is 2. The summed E-state index contributed by atoms with van der Waals surface area (Å²) in [6, 6.07) is 9.94. The number of benzene rings is 1. The summed E-state index contributed by atoms with van der Waals surface area (Å²) in [7, 11) is -1.61. The third-order valence-corrected chi connectivity index (χ3v) is 13.6. The van der Waals surface area contributed by atoms with Crippen LogP contribution in [0.15, 0.2) is 30.3 Å². The van der Waals surface area contributed by atoms with E-state index in [9.17, 15) is 9.59 Å². The summed E-state index contributed by atoms with van der Waals surface area (Å²) in [4.78, 5) is 27.0. The molecular weight excluding hydrogens is 552 g/mol. The van der Waals surface area contributed by atoms with Gasteiger partial charge < -0.3 is 13.9 Å². The molecule has 43 heavy (non-hydrogen) atoms. The van der Waals surface area contributed by atoms with E-state index < -0.39 is 8.32 Å². The van der Waals surface area contributed by atoms with Gasteiger partial charge in [0.1, 0.15) is 5.78 Å². The first-order chi connectivity index (χ1) is 20.4. The van der Waals surface area contributed by atoms with Crippen molar-refractivity contribution in [3.63, 3.8) is 0 Å². The highest BCUT2D eigenvalue weighted by Crippen LogP contribution is 2.68. The van der Waals surface area contributed by atoms with Gasteiger partial charge in [-0.2, -0.15) is 0 Å². The quantitative estimate of drug-likeness (QED) is 0.108. The zero-order valence-corrected chi connectivity index (χ0v) is 29.0. The van der Waals surface area contributed by atoms with Crippen LogP contribution in [0, 0.1) is 52.3 Å². The van der Waals surface area contributed by atoms with Crippen LogP contribution in [0.2, 0.25) is 19.6 Å². The van der Waals surface area contributed by atoms with Crippen LogP contribution in [0.3, 0.4) is 0 Å². The fourth-order valence-electron chi connectivity index (χ4n) is 10.7. The summed E-state index contributed by atoms with van der Waals surface area (Å²) < 4.78 is 17.6. The lowest BCUT2D eigenvalue weighted by molar-refractivity contribution is -0.172. The van der Waals surface area contributed by atoms with Gasteiger partial charge in [0.15, 0.2) is 15.1 Å². The largest absolute Gasteiger partial charge is 0.438 e. The smallest absolute Gasteiger partial charge is 0.307 e. The second kappa shape index (κ2) is 13.1. The molecule has 1 aromatic carbocycles. The molecule has 4 aliphatic carbocycles. The minimum Gasteiger partial charge on any atom is -0.438 e. The first-order valence-corrected chi connectivity index (χ1v) is 20.8. The van der Waals surface area contributed by atoms with E-state index in [0.29, 0.717) is 54.5 Å². The Bertz CT molecular complexity index is 1120. The Morgan fingerprint density at radius 3 is 2.37 bits per heavy atom. The molecule has 0 N–H and O–H groups in total. The number of hydrogen-bond donors (Lipinski definition) is 0. The molecule has 10 atom stereocenters. The average molecular weight is 611 g/mol. The van der Waals surface area contributed by atoms with Gasteiger partial charge in [0.25, 0.3) is 0 Å². The van der Waals surface area contributed by atoms with Crippen LogP contribution in [0.1, 0.15) is 97.5 Å². The van der Waals surface area contributed by atoms with E-state index in [4.69, 9.17) is 13.9 Å². The topological polar surface area (TPSA) is 61.8 Å². The summed E-state index contributed by atoms with van der Waals surface area (Å²) in [5.74, 6) is 3.24. The maximum absolute atomic E-state index is 14.5. The lowest BCUT2D eigenvalue weighted by Gasteiger charge is -2.62. The van der Waals surface area contributed by atoms with Crippen LogP contribution in [0.4, 0.5) is 0 Å². The van der Waals surface area contributed by atoms with Crippen molar-refractivity contribution < 1.29 is 23.5 Å². The molecule has 0 radical (unpaired) electrons. The van der Waals surface area contributed by atoms with Gasteiger partial charge in [-0.25, -0.2) is 0 Å². The fraction of sp³-hybridized carbons (Fsp3) is 0.784. The minimum absolute atomic E-state index is 0.000121. The maximum Gasteiger partial charge on any atom is 0.307 e. The van der Waals surface area contributed by atoms with Gasteiger partial charge in [0.05, 0.1) is 6.61 Å². The molecule has 0 heterocycles. The number of carbonyl (C=O) groups excluding carboxylic acids is 2. The maximum atomic E-state index is 14.5. The van der Waals surface area contributed by atoms with Crippen molar-refractivity contribution in [2.24, 2.45) is 52.3 Å². The van der Waals surface area contributed by atoms with Crippen molar-refractivity contribution in [2.75, 3.05) is 6.79 Å². The van der Waals surface area contributed by atoms with Gasteiger partial charge in [-0.15, -0.1) is 0 Å². The van der Waals surface area contributed by atoms with Crippen molar-refractivity contribution in [2.45, 2.75) is 124 Å². The predicted molar refractivity (Wildman–Crippen MR) is 174 cm³/mol. The third-order valence-electron chi connectivity index (χ3n) is 12.6. The zero-order valence-electron chi connectivity index (χ0n) is 28.0. The summed E-state index contributed by atoms with van der Waals surface area (Å²) in [6.07, 6.45) is 10.7. The van der Waals surface area contributed by atoms with Crippen LogP contribution >= 0.6 is 0 Å². The second-order valence-corrected chi connectivity index (χ2v) is 20.6. The highest BCUT2D eigenvalue weighted by atomic mass is 28.4. The Kier molecular flexibility index (Phi) is 10.0. The predicted octanol–water partition coefficient (Wildman–Crippen LogP) is 8.81. The van der Waals surface area contributed by atoms with E-state index in [1.54, 1.807) is 0 Å². The minimum atomic E-state index is -1.61. The molecule has 4 saturated carbocycles. The number of hydrogen-bond acceptors (Lipinski definition) is 5. The molecular formula is C37H58O5Si. The molecule has 5 rings (SSSR count). The van der Waals surface area contributed by atoms with Crippen molar-refractivity contribution in [1.82, 2.24) is 0 Å². The van der Waals surface area contributed by atoms with Gasteiger partial charge in [0.2, 0.25) is 0 Å². The SMILES string of the molecule is CC[C@H]1C(=O)[C@@H]2[C@H](CC[C@]3(C)[C@@H]([C@H](C)CCC(=O)OCOCc4ccccc4)CC[C@@H]23)[C@@]2(C)CC[C@@H](O[Si](C)(C)C)C[C@@H]12. The molecule has 1 aromatic rings. The highest BCUT2D eigenvalue weighted by Gasteiger charge is 2.65. The van der Waals surface area contributed by atoms with Crippen molar-refractivity contribution >= 4 is 20.1 Å². The molecule has 0 aromatic heterocycles. The van der Waals surface area contributed by atoms with E-state index in [1.807, 2.05) is 30.3 Å². The number of fused-ring (bicyclic) bond motifs is 5. The first-order valence-electron chi connectivity index (χ1n) is 17.4. The van der Waals surface area contributed by atoms with Crippen LogP contribution in [0.25, 0.3) is 0 Å². The van der Waals surface area contributed by atoms with Gasteiger partial charge >= 0.3 is 5.97 Å². The summed E-state index contributed by atoms with van der Waals surface area (Å²) in [5.41, 5.74) is 1.50. The molecule has 0 aliphatic heterocycles. The Morgan fingerprint density at radius 2 is 1.67 bits per heavy atom. The van der Waals surface area contributed by atoms with Gasteiger partial charge in [-0.3, -0.25) is 9.59 Å². The molecule has 0 bridgehead atoms.